The molecule has 330 valence electrons. The second-order valence-corrected chi connectivity index (χ2v) is 16.8. The summed E-state index contributed by atoms with van der Waals surface area (Å²) in [6, 6.07) is -1.02. The largest absolute Gasteiger partial charge is 0.394 e. The summed E-state index contributed by atoms with van der Waals surface area (Å²) < 4.78 is 0. The molecule has 0 aliphatic carbocycles. The van der Waals surface area contributed by atoms with Crippen LogP contribution in [0.25, 0.3) is 0 Å². The van der Waals surface area contributed by atoms with Crippen molar-refractivity contribution in [3.8, 4) is 0 Å². The lowest BCUT2D eigenvalue weighted by Crippen LogP contribution is -2.53. The third-order valence-electron chi connectivity index (χ3n) is 11.3. The van der Waals surface area contributed by atoms with Crippen molar-refractivity contribution < 1.29 is 25.2 Å². The molecule has 4 atom stereocenters. The molecule has 0 saturated heterocycles. The van der Waals surface area contributed by atoms with Crippen LogP contribution in [0.15, 0.2) is 36.5 Å². The molecule has 0 aliphatic rings. The minimum absolute atomic E-state index is 0.329. The van der Waals surface area contributed by atoms with E-state index in [2.05, 4.69) is 55.6 Å². The van der Waals surface area contributed by atoms with Crippen LogP contribution in [0.1, 0.15) is 245 Å². The summed E-state index contributed by atoms with van der Waals surface area (Å²) >= 11 is 0. The topological polar surface area (TPSA) is 110 Å². The lowest BCUT2D eigenvalue weighted by molar-refractivity contribution is -0.132. The number of unbranched alkanes of at least 4 members (excludes halogenated alkanes) is 29. The Hall–Kier alpha value is -1.47. The number of aliphatic hydroxyl groups excluding tert-OH is 4. The van der Waals surface area contributed by atoms with Gasteiger partial charge in [0.05, 0.1) is 18.8 Å². The van der Waals surface area contributed by atoms with E-state index in [1.807, 2.05) is 0 Å². The molecular weight excluding hydrogens is 695 g/mol. The maximum atomic E-state index is 12.5. The van der Waals surface area contributed by atoms with Crippen molar-refractivity contribution in [2.75, 3.05) is 6.61 Å². The maximum Gasteiger partial charge on any atom is 0.249 e. The fourth-order valence-electron chi connectivity index (χ4n) is 7.42. The standard InChI is InChI=1S/C50H95NO5/c1-3-5-7-9-11-13-15-17-18-19-20-21-22-23-24-25-26-27-28-29-30-31-32-34-35-37-39-41-43-47(53)49(55)46(45-52)51-50(56)48(54)44-42-40-38-36-33-16-14-12-10-8-6-4-2/h30-31,33,35-37,46-49,52-55H,3-29,32,34,38-45H2,1-2H3,(H,51,56)/b31-30+,36-33-,37-35+. The maximum absolute atomic E-state index is 12.5. The van der Waals surface area contributed by atoms with Crippen molar-refractivity contribution in [3.63, 3.8) is 0 Å². The molecule has 0 saturated carbocycles. The van der Waals surface area contributed by atoms with Gasteiger partial charge in [-0.15, -0.1) is 0 Å². The molecule has 0 spiro atoms. The van der Waals surface area contributed by atoms with E-state index in [1.54, 1.807) is 0 Å². The number of nitrogens with one attached hydrogen (secondary N) is 1. The van der Waals surface area contributed by atoms with Crippen molar-refractivity contribution >= 4 is 5.91 Å². The summed E-state index contributed by atoms with van der Waals surface area (Å²) in [5.74, 6) is -0.614. The second-order valence-electron chi connectivity index (χ2n) is 16.8. The molecule has 0 aromatic rings. The van der Waals surface area contributed by atoms with Crippen LogP contribution >= 0.6 is 0 Å². The van der Waals surface area contributed by atoms with Gasteiger partial charge in [0.2, 0.25) is 5.91 Å². The number of allylic oxidation sites excluding steroid dienone is 6. The van der Waals surface area contributed by atoms with Crippen LogP contribution in [0.3, 0.4) is 0 Å². The van der Waals surface area contributed by atoms with Gasteiger partial charge in [-0.1, -0.05) is 204 Å². The lowest BCUT2D eigenvalue weighted by Gasteiger charge is -2.27. The zero-order chi connectivity index (χ0) is 41.0. The van der Waals surface area contributed by atoms with E-state index in [4.69, 9.17) is 0 Å². The van der Waals surface area contributed by atoms with Crippen LogP contribution in [-0.4, -0.2) is 57.3 Å². The zero-order valence-corrected chi connectivity index (χ0v) is 37.1. The first-order valence-corrected chi connectivity index (χ1v) is 24.4. The Morgan fingerprint density at radius 3 is 1.12 bits per heavy atom. The molecule has 0 aromatic carbocycles. The van der Waals surface area contributed by atoms with Crippen LogP contribution in [0.4, 0.5) is 0 Å². The summed E-state index contributed by atoms with van der Waals surface area (Å²) in [7, 11) is 0. The summed E-state index contributed by atoms with van der Waals surface area (Å²) in [6.45, 7) is 4.02. The molecule has 0 radical (unpaired) electrons. The third-order valence-corrected chi connectivity index (χ3v) is 11.3. The van der Waals surface area contributed by atoms with Gasteiger partial charge in [0, 0.05) is 0 Å². The molecule has 1 amide bonds. The Balaban J connectivity index is 3.71. The predicted octanol–water partition coefficient (Wildman–Crippen LogP) is 13.3. The molecule has 4 unspecified atom stereocenters. The minimum atomic E-state index is -1.30. The lowest BCUT2D eigenvalue weighted by atomic mass is 10.00. The van der Waals surface area contributed by atoms with Gasteiger partial charge in [-0.2, -0.15) is 0 Å². The Kier molecular flexibility index (Phi) is 43.5. The SMILES string of the molecule is CCCCCCCC/C=C\CCCCC(O)C(=O)NC(CO)C(O)C(O)CCC/C=C/CC/C=C/CCCCCCCCCCCCCCCCCCCCC. The molecule has 0 fully saturated rings. The summed E-state index contributed by atoms with van der Waals surface area (Å²) in [5, 5.41) is 43.6. The Bertz CT molecular complexity index is 889. The van der Waals surface area contributed by atoms with Crippen LogP contribution in [-0.2, 0) is 4.79 Å². The average Bonchev–Trinajstić information content (AvgIpc) is 3.20. The molecule has 0 aromatic heterocycles. The number of hydrogen-bond acceptors (Lipinski definition) is 5. The summed E-state index contributed by atoms with van der Waals surface area (Å²) in [4.78, 5) is 12.5. The number of hydrogen-bond donors (Lipinski definition) is 5. The quantitative estimate of drug-likeness (QED) is 0.0312. The van der Waals surface area contributed by atoms with E-state index < -0.39 is 36.9 Å². The van der Waals surface area contributed by atoms with Gasteiger partial charge in [0.1, 0.15) is 12.2 Å². The molecule has 56 heavy (non-hydrogen) atoms. The van der Waals surface area contributed by atoms with Gasteiger partial charge in [-0.3, -0.25) is 4.79 Å². The molecule has 0 aliphatic heterocycles. The van der Waals surface area contributed by atoms with E-state index in [1.165, 1.54) is 167 Å². The number of rotatable bonds is 44. The van der Waals surface area contributed by atoms with Gasteiger partial charge in [-0.05, 0) is 77.0 Å². The normalized spacial score (nSPS) is 14.3. The van der Waals surface area contributed by atoms with Crippen molar-refractivity contribution in [1.82, 2.24) is 5.32 Å². The van der Waals surface area contributed by atoms with Crippen LogP contribution < -0.4 is 5.32 Å². The first kappa shape index (κ1) is 54.5. The van der Waals surface area contributed by atoms with Crippen LogP contribution in [0.2, 0.25) is 0 Å². The van der Waals surface area contributed by atoms with Crippen molar-refractivity contribution in [2.24, 2.45) is 0 Å². The molecular formula is C50H95NO5. The van der Waals surface area contributed by atoms with E-state index in [0.29, 0.717) is 25.7 Å². The smallest absolute Gasteiger partial charge is 0.249 e. The minimum Gasteiger partial charge on any atom is -0.394 e. The van der Waals surface area contributed by atoms with Gasteiger partial charge >= 0.3 is 0 Å². The summed E-state index contributed by atoms with van der Waals surface area (Å²) in [5.41, 5.74) is 0. The Morgan fingerprint density at radius 1 is 0.429 bits per heavy atom. The van der Waals surface area contributed by atoms with Crippen molar-refractivity contribution in [2.45, 2.75) is 269 Å². The fraction of sp³-hybridized carbons (Fsp3) is 0.860. The zero-order valence-electron chi connectivity index (χ0n) is 37.1. The number of carbonyl (C=O) groups excluding carboxylic acids is 1. The molecule has 5 N–H and O–H groups in total. The molecule has 6 nitrogen and oxygen atoms in total. The molecule has 0 bridgehead atoms. The van der Waals surface area contributed by atoms with Crippen molar-refractivity contribution in [1.29, 1.82) is 0 Å². The molecule has 6 heteroatoms. The number of amides is 1. The van der Waals surface area contributed by atoms with Crippen molar-refractivity contribution in [3.05, 3.63) is 36.5 Å². The van der Waals surface area contributed by atoms with Crippen LogP contribution in [0, 0.1) is 0 Å². The third kappa shape index (κ3) is 38.1. The summed E-state index contributed by atoms with van der Waals surface area (Å²) in [6.07, 6.45) is 53.5. The van der Waals surface area contributed by atoms with E-state index in [9.17, 15) is 25.2 Å². The van der Waals surface area contributed by atoms with Gasteiger partial charge in [0.15, 0.2) is 0 Å². The highest BCUT2D eigenvalue weighted by molar-refractivity contribution is 5.80. The highest BCUT2D eigenvalue weighted by Gasteiger charge is 2.28. The predicted molar refractivity (Wildman–Crippen MR) is 242 cm³/mol. The van der Waals surface area contributed by atoms with E-state index in [0.717, 1.165) is 38.5 Å². The molecule has 0 rings (SSSR count). The second kappa shape index (κ2) is 44.6. The number of carbonyl (C=O) groups is 1. The van der Waals surface area contributed by atoms with E-state index >= 15 is 0 Å². The number of aliphatic hydroxyl groups is 4. The Labute approximate surface area is 347 Å². The van der Waals surface area contributed by atoms with Gasteiger partial charge < -0.3 is 25.7 Å². The first-order chi connectivity index (χ1) is 27.5. The Morgan fingerprint density at radius 2 is 0.750 bits per heavy atom. The fourth-order valence-corrected chi connectivity index (χ4v) is 7.42. The first-order valence-electron chi connectivity index (χ1n) is 24.4. The van der Waals surface area contributed by atoms with Crippen LogP contribution in [0.5, 0.6) is 0 Å². The van der Waals surface area contributed by atoms with Gasteiger partial charge in [0.25, 0.3) is 0 Å². The highest BCUT2D eigenvalue weighted by Crippen LogP contribution is 2.16. The van der Waals surface area contributed by atoms with Gasteiger partial charge in [-0.25, -0.2) is 0 Å². The highest BCUT2D eigenvalue weighted by atomic mass is 16.3. The average molecular weight is 790 g/mol. The molecule has 0 heterocycles. The monoisotopic (exact) mass is 790 g/mol. The van der Waals surface area contributed by atoms with E-state index in [-0.39, 0.29) is 0 Å².